The first kappa shape index (κ1) is 25.5. The van der Waals surface area contributed by atoms with Gasteiger partial charge in [0.25, 0.3) is 0 Å². The van der Waals surface area contributed by atoms with Gasteiger partial charge in [-0.1, -0.05) is 47.6 Å². The second-order valence-electron chi connectivity index (χ2n) is 11.3. The first-order valence-electron chi connectivity index (χ1n) is 11.0. The first-order chi connectivity index (χ1) is 14.1. The van der Waals surface area contributed by atoms with Crippen LogP contribution < -0.4 is 0 Å². The van der Waals surface area contributed by atoms with Crippen LogP contribution in [0.1, 0.15) is 69.8 Å². The summed E-state index contributed by atoms with van der Waals surface area (Å²) in [5, 5.41) is 9.95. The van der Waals surface area contributed by atoms with E-state index in [4.69, 9.17) is 4.43 Å². The molecule has 0 bridgehead atoms. The lowest BCUT2D eigenvalue weighted by atomic mass is 9.68. The zero-order valence-electron chi connectivity index (χ0n) is 20.2. The molecule has 1 saturated heterocycles. The fraction of sp³-hybridized carbons (Fsp3) is 0.667. The summed E-state index contributed by atoms with van der Waals surface area (Å²) in [7, 11) is -2.07. The molecule has 0 spiro atoms. The van der Waals surface area contributed by atoms with Crippen LogP contribution in [0.3, 0.4) is 0 Å². The SMILES string of the molecule is CC(C)(C)C1[C@@H](CO[Si](C)(C)C(C)(C)C)[C@H](c2ccc(F)c(C=O)c2)CCN1C(=O)O. The summed E-state index contributed by atoms with van der Waals surface area (Å²) >= 11 is 0. The van der Waals surface area contributed by atoms with E-state index in [-0.39, 0.29) is 33.9 Å². The van der Waals surface area contributed by atoms with E-state index in [2.05, 4.69) is 54.6 Å². The van der Waals surface area contributed by atoms with E-state index in [0.29, 0.717) is 25.9 Å². The maximum absolute atomic E-state index is 14.0. The number of nitrogens with zero attached hydrogens (tertiary/aromatic N) is 1. The van der Waals surface area contributed by atoms with Crippen LogP contribution in [-0.4, -0.2) is 49.9 Å². The monoisotopic (exact) mass is 451 g/mol. The van der Waals surface area contributed by atoms with Gasteiger partial charge in [-0.25, -0.2) is 9.18 Å². The van der Waals surface area contributed by atoms with Gasteiger partial charge in [0.15, 0.2) is 14.6 Å². The standard InChI is InChI=1S/C24H38FNO4Si/c1-23(2,3)21-19(15-30-31(7,8)24(4,5)6)18(11-12-26(21)22(28)29)16-9-10-20(25)17(13-16)14-27/h9-10,13-14,18-19,21H,11-12,15H2,1-8H3,(H,28,29)/t18-,19-,21?/m0/s1. The van der Waals surface area contributed by atoms with Crippen LogP contribution in [0.2, 0.25) is 18.1 Å². The number of rotatable bonds is 5. The lowest BCUT2D eigenvalue weighted by Crippen LogP contribution is -2.58. The zero-order chi connectivity index (χ0) is 23.8. The summed E-state index contributed by atoms with van der Waals surface area (Å²) < 4.78 is 20.6. The number of amides is 1. The van der Waals surface area contributed by atoms with Crippen LogP contribution in [0.5, 0.6) is 0 Å². The van der Waals surface area contributed by atoms with E-state index in [9.17, 15) is 19.1 Å². The van der Waals surface area contributed by atoms with Crippen LogP contribution >= 0.6 is 0 Å². The Hall–Kier alpha value is -1.73. The highest BCUT2D eigenvalue weighted by Gasteiger charge is 2.48. The predicted octanol–water partition coefficient (Wildman–Crippen LogP) is 6.16. The molecule has 0 radical (unpaired) electrons. The van der Waals surface area contributed by atoms with Crippen molar-refractivity contribution in [2.75, 3.05) is 13.2 Å². The summed E-state index contributed by atoms with van der Waals surface area (Å²) in [4.78, 5) is 25.0. The fourth-order valence-corrected chi connectivity index (χ4v) is 5.47. The first-order valence-corrected chi connectivity index (χ1v) is 13.9. The highest BCUT2D eigenvalue weighted by molar-refractivity contribution is 6.74. The normalized spacial score (nSPS) is 23.0. The van der Waals surface area contributed by atoms with E-state index in [1.165, 1.54) is 6.07 Å². The number of likely N-dealkylation sites (tertiary alicyclic amines) is 1. The van der Waals surface area contributed by atoms with Crippen molar-refractivity contribution in [1.29, 1.82) is 0 Å². The number of hydrogen-bond donors (Lipinski definition) is 1. The van der Waals surface area contributed by atoms with Crippen molar-refractivity contribution in [3.8, 4) is 0 Å². The van der Waals surface area contributed by atoms with E-state index >= 15 is 0 Å². The van der Waals surface area contributed by atoms with Gasteiger partial charge in [-0.05, 0) is 53.6 Å². The lowest BCUT2D eigenvalue weighted by molar-refractivity contribution is -0.00644. The van der Waals surface area contributed by atoms with Crippen molar-refractivity contribution in [2.24, 2.45) is 11.3 Å². The third-order valence-electron chi connectivity index (χ3n) is 7.09. The third-order valence-corrected chi connectivity index (χ3v) is 11.6. The Labute approximate surface area is 187 Å². The average molecular weight is 452 g/mol. The van der Waals surface area contributed by atoms with Crippen molar-refractivity contribution in [3.63, 3.8) is 0 Å². The Bertz CT molecular complexity index is 813. The van der Waals surface area contributed by atoms with Gasteiger partial charge < -0.3 is 14.4 Å². The number of piperidine rings is 1. The zero-order valence-corrected chi connectivity index (χ0v) is 21.2. The van der Waals surface area contributed by atoms with Gasteiger partial charge in [0, 0.05) is 25.1 Å². The van der Waals surface area contributed by atoms with E-state index in [1.807, 2.05) is 0 Å². The number of halogens is 1. The predicted molar refractivity (Wildman–Crippen MR) is 124 cm³/mol. The largest absolute Gasteiger partial charge is 0.465 e. The second kappa shape index (κ2) is 9.02. The van der Waals surface area contributed by atoms with Gasteiger partial charge in [0.1, 0.15) is 5.82 Å². The summed E-state index contributed by atoms with van der Waals surface area (Å²) in [6.45, 7) is 17.9. The number of aldehydes is 1. The summed E-state index contributed by atoms with van der Waals surface area (Å²) in [5.74, 6) is -0.670. The van der Waals surface area contributed by atoms with Crippen LogP contribution in [0.25, 0.3) is 0 Å². The molecule has 1 heterocycles. The van der Waals surface area contributed by atoms with E-state index in [1.54, 1.807) is 17.0 Å². The molecule has 3 atom stereocenters. The molecular formula is C24H38FNO4Si. The van der Waals surface area contributed by atoms with Crippen molar-refractivity contribution >= 4 is 20.7 Å². The second-order valence-corrected chi connectivity index (χ2v) is 16.1. The van der Waals surface area contributed by atoms with Crippen LogP contribution in [0.15, 0.2) is 18.2 Å². The van der Waals surface area contributed by atoms with Gasteiger partial charge in [0.2, 0.25) is 0 Å². The Morgan fingerprint density at radius 1 is 1.26 bits per heavy atom. The molecule has 0 saturated carbocycles. The molecule has 1 fully saturated rings. The maximum atomic E-state index is 14.0. The molecule has 1 aliphatic rings. The fourth-order valence-electron chi connectivity index (χ4n) is 4.43. The van der Waals surface area contributed by atoms with E-state index < -0.39 is 20.2 Å². The highest BCUT2D eigenvalue weighted by Crippen LogP contribution is 2.45. The van der Waals surface area contributed by atoms with Crippen molar-refractivity contribution in [1.82, 2.24) is 4.90 Å². The van der Waals surface area contributed by atoms with Crippen molar-refractivity contribution < 1.29 is 23.5 Å². The molecule has 1 amide bonds. The molecule has 1 aromatic rings. The minimum absolute atomic E-state index is 0.0242. The molecule has 1 unspecified atom stereocenters. The molecule has 2 rings (SSSR count). The van der Waals surface area contributed by atoms with E-state index in [0.717, 1.165) is 5.56 Å². The van der Waals surface area contributed by atoms with Crippen LogP contribution in [0, 0.1) is 17.2 Å². The van der Waals surface area contributed by atoms with Crippen molar-refractivity contribution in [3.05, 3.63) is 35.1 Å². The molecule has 1 N–H and O–H groups in total. The molecule has 174 valence electrons. The molecule has 1 aromatic carbocycles. The van der Waals surface area contributed by atoms with Crippen LogP contribution in [0.4, 0.5) is 9.18 Å². The van der Waals surface area contributed by atoms with Gasteiger partial charge in [-0.3, -0.25) is 4.79 Å². The summed E-state index contributed by atoms with van der Waals surface area (Å²) in [6, 6.07) is 4.41. The Kier molecular flexibility index (Phi) is 7.43. The molecule has 1 aliphatic heterocycles. The van der Waals surface area contributed by atoms with Gasteiger partial charge >= 0.3 is 6.09 Å². The maximum Gasteiger partial charge on any atom is 0.407 e. The lowest BCUT2D eigenvalue weighted by Gasteiger charge is -2.51. The number of carboxylic acid groups (broad SMARTS) is 1. The molecular weight excluding hydrogens is 413 g/mol. The minimum Gasteiger partial charge on any atom is -0.465 e. The number of carbonyl (C=O) groups excluding carboxylic acids is 1. The Balaban J connectivity index is 2.52. The summed E-state index contributed by atoms with van der Waals surface area (Å²) in [6.07, 6.45) is 0.213. The number of hydrogen-bond acceptors (Lipinski definition) is 3. The van der Waals surface area contributed by atoms with Gasteiger partial charge in [-0.2, -0.15) is 0 Å². The molecule has 5 nitrogen and oxygen atoms in total. The summed E-state index contributed by atoms with van der Waals surface area (Å²) in [5.41, 5.74) is 0.590. The Morgan fingerprint density at radius 2 is 1.87 bits per heavy atom. The highest BCUT2D eigenvalue weighted by atomic mass is 28.4. The topological polar surface area (TPSA) is 66.8 Å². The molecule has 7 heteroatoms. The van der Waals surface area contributed by atoms with Crippen LogP contribution in [-0.2, 0) is 4.43 Å². The molecule has 0 aromatic heterocycles. The number of benzene rings is 1. The minimum atomic E-state index is -2.07. The smallest absolute Gasteiger partial charge is 0.407 e. The third kappa shape index (κ3) is 5.55. The average Bonchev–Trinajstić information content (AvgIpc) is 2.64. The Morgan fingerprint density at radius 3 is 2.35 bits per heavy atom. The molecule has 0 aliphatic carbocycles. The van der Waals surface area contributed by atoms with Gasteiger partial charge in [-0.15, -0.1) is 0 Å². The molecule has 31 heavy (non-hydrogen) atoms. The quantitative estimate of drug-likeness (QED) is 0.430. The number of carbonyl (C=O) groups is 2. The van der Waals surface area contributed by atoms with Crippen molar-refractivity contribution in [2.45, 2.75) is 78.1 Å². The van der Waals surface area contributed by atoms with Gasteiger partial charge in [0.05, 0.1) is 5.56 Å².